The summed E-state index contributed by atoms with van der Waals surface area (Å²) in [5.41, 5.74) is 0. The lowest BCUT2D eigenvalue weighted by atomic mass is 10.0. The average Bonchev–Trinajstić information content (AvgIpc) is 3.40. The van der Waals surface area contributed by atoms with E-state index in [4.69, 9.17) is 0 Å². The van der Waals surface area contributed by atoms with Crippen LogP contribution in [0.4, 0.5) is 0 Å². The fraction of sp³-hybridized carbons (Fsp3) is 0.971. The largest absolute Gasteiger partial charge is 0.394 e. The van der Waals surface area contributed by atoms with Crippen molar-refractivity contribution >= 4 is 11.7 Å². The maximum absolute atomic E-state index is 12.5. The molecule has 1 atom stereocenters. The van der Waals surface area contributed by atoms with Crippen molar-refractivity contribution in [3.63, 3.8) is 0 Å². The molecule has 4 nitrogen and oxygen atoms in total. The van der Waals surface area contributed by atoms with E-state index >= 15 is 0 Å². The van der Waals surface area contributed by atoms with Crippen LogP contribution in [0.1, 0.15) is 425 Å². The first-order valence-corrected chi connectivity index (χ1v) is 35.1. The van der Waals surface area contributed by atoms with Crippen LogP contribution in [0.3, 0.4) is 0 Å². The fourth-order valence-electron chi connectivity index (χ4n) is 11.6. The van der Waals surface area contributed by atoms with E-state index in [-0.39, 0.29) is 18.6 Å². The van der Waals surface area contributed by atoms with Crippen LogP contribution >= 0.6 is 0 Å². The molecule has 1 amide bonds. The minimum atomic E-state index is -0.0594. The summed E-state index contributed by atoms with van der Waals surface area (Å²) in [6.45, 7) is 4.66. The van der Waals surface area contributed by atoms with Gasteiger partial charge < -0.3 is 10.4 Å². The zero-order valence-electron chi connectivity index (χ0n) is 51.3. The molecule has 0 aromatic heterocycles. The minimum absolute atomic E-state index is 0.0594. The maximum atomic E-state index is 12.5. The quantitative estimate of drug-likeness (QED) is 0.0597. The van der Waals surface area contributed by atoms with Crippen LogP contribution in [-0.4, -0.2) is 29.4 Å². The third kappa shape index (κ3) is 63.6. The van der Waals surface area contributed by atoms with Crippen molar-refractivity contribution in [3.8, 4) is 0 Å². The zero-order valence-corrected chi connectivity index (χ0v) is 51.3. The van der Waals surface area contributed by atoms with E-state index in [2.05, 4.69) is 19.2 Å². The maximum Gasteiger partial charge on any atom is 0.220 e. The number of nitrogens with one attached hydrogen (secondary N) is 1. The lowest BCUT2D eigenvalue weighted by Gasteiger charge is -2.16. The highest BCUT2D eigenvalue weighted by Crippen LogP contribution is 2.20. The van der Waals surface area contributed by atoms with E-state index in [9.17, 15) is 14.7 Å². The first-order valence-electron chi connectivity index (χ1n) is 35.1. The summed E-state index contributed by atoms with van der Waals surface area (Å²) in [5, 5.41) is 12.9. The highest BCUT2D eigenvalue weighted by molar-refractivity contribution is 5.78. The lowest BCUT2D eigenvalue weighted by molar-refractivity contribution is -0.122. The molecule has 0 saturated heterocycles. The van der Waals surface area contributed by atoms with Gasteiger partial charge in [0.1, 0.15) is 5.78 Å². The second kappa shape index (κ2) is 66.4. The predicted octanol–water partition coefficient (Wildman–Crippen LogP) is 24.0. The van der Waals surface area contributed by atoms with Crippen LogP contribution < -0.4 is 5.32 Å². The number of unbranched alkanes of at least 4 members (excludes halogenated alkanes) is 57. The molecular weight excluding hydrogens is 903 g/mol. The van der Waals surface area contributed by atoms with E-state index in [1.807, 2.05) is 0 Å². The summed E-state index contributed by atoms with van der Waals surface area (Å²) >= 11 is 0. The number of carbonyl (C=O) groups is 2. The van der Waals surface area contributed by atoms with Crippen LogP contribution in [0.5, 0.6) is 0 Å². The van der Waals surface area contributed by atoms with Gasteiger partial charge >= 0.3 is 0 Å². The molecule has 0 bridgehead atoms. The van der Waals surface area contributed by atoms with Gasteiger partial charge in [0.2, 0.25) is 5.91 Å². The predicted molar refractivity (Wildman–Crippen MR) is 331 cm³/mol. The number of rotatable bonds is 67. The van der Waals surface area contributed by atoms with Crippen LogP contribution in [0.2, 0.25) is 0 Å². The third-order valence-corrected chi connectivity index (χ3v) is 16.9. The number of aliphatic hydroxyl groups is 1. The smallest absolute Gasteiger partial charge is 0.220 e. The van der Waals surface area contributed by atoms with Gasteiger partial charge in [-0.05, 0) is 25.7 Å². The molecule has 0 aromatic rings. The number of ketones is 1. The van der Waals surface area contributed by atoms with Gasteiger partial charge in [0.05, 0.1) is 12.6 Å². The molecule has 0 aromatic carbocycles. The normalized spacial score (nSPS) is 12.0. The highest BCUT2D eigenvalue weighted by atomic mass is 16.3. The summed E-state index contributed by atoms with van der Waals surface area (Å²) in [6, 6.07) is -0.0594. The van der Waals surface area contributed by atoms with E-state index in [0.29, 0.717) is 12.2 Å². The molecule has 0 unspecified atom stereocenters. The Morgan fingerprint density at radius 1 is 0.257 bits per heavy atom. The van der Waals surface area contributed by atoms with E-state index in [0.717, 1.165) is 51.4 Å². The van der Waals surface area contributed by atoms with Gasteiger partial charge in [-0.2, -0.15) is 0 Å². The van der Waals surface area contributed by atoms with Gasteiger partial charge in [-0.3, -0.25) is 9.59 Å². The van der Waals surface area contributed by atoms with E-state index < -0.39 is 0 Å². The van der Waals surface area contributed by atoms with Crippen LogP contribution in [0.15, 0.2) is 0 Å². The summed E-state index contributed by atoms with van der Waals surface area (Å²) < 4.78 is 0. The SMILES string of the molecule is CCCCCCCCCCCCCCCCCCCC(=O)CCCCCCCCCCCCCCCCCCCCCCCCCCCCCC(=O)N[C@H](CO)CCCCCCCCCCCCCCCCCC. The van der Waals surface area contributed by atoms with Crippen molar-refractivity contribution in [3.05, 3.63) is 0 Å². The number of aliphatic hydroxyl groups excluding tert-OH is 1. The van der Waals surface area contributed by atoms with Crippen molar-refractivity contribution in [2.75, 3.05) is 6.61 Å². The molecular formula is C70H139NO3. The van der Waals surface area contributed by atoms with Crippen molar-refractivity contribution in [1.29, 1.82) is 0 Å². The Balaban J connectivity index is 3.27. The minimum Gasteiger partial charge on any atom is -0.394 e. The molecule has 0 fully saturated rings. The molecule has 0 rings (SSSR count). The van der Waals surface area contributed by atoms with Gasteiger partial charge in [0.15, 0.2) is 0 Å². The first kappa shape index (κ1) is 73.1. The number of amides is 1. The number of Topliss-reactive ketones (excluding diaryl/α,β-unsaturated/α-hetero) is 1. The molecule has 4 heteroatoms. The monoisotopic (exact) mass is 1040 g/mol. The number of carbonyl (C=O) groups excluding carboxylic acids is 2. The Morgan fingerprint density at radius 2 is 0.432 bits per heavy atom. The van der Waals surface area contributed by atoms with Gasteiger partial charge in [-0.25, -0.2) is 0 Å². The van der Waals surface area contributed by atoms with E-state index in [1.165, 1.54) is 353 Å². The second-order valence-electron chi connectivity index (χ2n) is 24.5. The molecule has 442 valence electrons. The van der Waals surface area contributed by atoms with Gasteiger partial charge in [0, 0.05) is 19.3 Å². The zero-order chi connectivity index (χ0) is 53.4. The van der Waals surface area contributed by atoms with E-state index in [1.54, 1.807) is 0 Å². The van der Waals surface area contributed by atoms with Crippen molar-refractivity contribution in [2.45, 2.75) is 431 Å². The molecule has 0 radical (unpaired) electrons. The van der Waals surface area contributed by atoms with Crippen LogP contribution in [0.25, 0.3) is 0 Å². The summed E-state index contributed by atoms with van der Waals surface area (Å²) in [5.74, 6) is 0.662. The Kier molecular flexibility index (Phi) is 65.6. The Bertz CT molecular complexity index is 1040. The van der Waals surface area contributed by atoms with Crippen LogP contribution in [0, 0.1) is 0 Å². The van der Waals surface area contributed by atoms with Gasteiger partial charge in [-0.15, -0.1) is 0 Å². The molecule has 0 spiro atoms. The Morgan fingerprint density at radius 3 is 0.635 bits per heavy atom. The summed E-state index contributed by atoms with van der Waals surface area (Å²) in [4.78, 5) is 24.8. The van der Waals surface area contributed by atoms with Crippen molar-refractivity contribution < 1.29 is 14.7 Å². The summed E-state index contributed by atoms with van der Waals surface area (Å²) in [7, 11) is 0. The van der Waals surface area contributed by atoms with Crippen LogP contribution in [-0.2, 0) is 9.59 Å². The number of hydrogen-bond acceptors (Lipinski definition) is 3. The molecule has 74 heavy (non-hydrogen) atoms. The fourth-order valence-corrected chi connectivity index (χ4v) is 11.6. The van der Waals surface area contributed by atoms with Crippen molar-refractivity contribution in [1.82, 2.24) is 5.32 Å². The van der Waals surface area contributed by atoms with Gasteiger partial charge in [-0.1, -0.05) is 380 Å². The molecule has 2 N–H and O–H groups in total. The topological polar surface area (TPSA) is 66.4 Å². The Labute approximate surface area is 467 Å². The highest BCUT2D eigenvalue weighted by Gasteiger charge is 2.11. The standard InChI is InChI=1S/C70H139NO3/c1-3-5-7-9-11-13-15-17-19-32-36-40-44-48-52-56-60-64-69(73)65-61-57-53-49-45-41-37-33-30-28-26-24-22-21-23-25-27-29-31-34-38-42-46-50-54-58-62-66-70(74)71-68(67-72)63-59-55-51-47-43-39-35-20-18-16-14-12-10-8-6-4-2/h68,72H,3-67H2,1-2H3,(H,71,74)/t68-/m0/s1. The van der Waals surface area contributed by atoms with Gasteiger partial charge in [0.25, 0.3) is 0 Å². The number of hydrogen-bond donors (Lipinski definition) is 2. The molecule has 0 aliphatic heterocycles. The molecule has 0 heterocycles. The first-order chi connectivity index (χ1) is 36.6. The third-order valence-electron chi connectivity index (χ3n) is 16.9. The molecule has 0 saturated carbocycles. The lowest BCUT2D eigenvalue weighted by Crippen LogP contribution is -2.37. The Hall–Kier alpha value is -0.900. The molecule has 0 aliphatic carbocycles. The molecule has 0 aliphatic rings. The summed E-state index contributed by atoms with van der Waals surface area (Å²) in [6.07, 6.45) is 85.7. The van der Waals surface area contributed by atoms with Crippen molar-refractivity contribution in [2.24, 2.45) is 0 Å². The average molecular weight is 1040 g/mol. The second-order valence-corrected chi connectivity index (χ2v) is 24.5.